The van der Waals surface area contributed by atoms with Crippen molar-refractivity contribution in [1.29, 1.82) is 0 Å². The minimum absolute atomic E-state index is 0.674. The molecule has 0 bridgehead atoms. The molecule has 0 fully saturated rings. The molecular weight excluding hydrogens is 617 g/mol. The van der Waals surface area contributed by atoms with Gasteiger partial charge in [0.25, 0.3) is 0 Å². The molecule has 2 aliphatic heterocycles. The standard InChI is InChI=1S/C44H28N4O2/c1-2-12-34-33(11-1)43(29-21-25-31(26-22-29)47-35-13-3-7-17-39(35)49-40-18-8-4-14-36(40)47)46-44(45-34)30-23-27-32(28-24-30)48-37-15-5-9-19-41(37)50-42-20-10-6-16-38(42)48/h1-28H. The Balaban J connectivity index is 1.03. The molecule has 236 valence electrons. The topological polar surface area (TPSA) is 50.7 Å². The van der Waals surface area contributed by atoms with E-state index >= 15 is 0 Å². The molecule has 0 saturated heterocycles. The SMILES string of the molecule is c1ccc2c(c1)Oc1ccccc1N2c1ccc(-c2nc(-c3ccc(N4c5ccccc5Oc5ccccc54)cc3)c3ccccc3n2)cc1. The number of hydrogen-bond acceptors (Lipinski definition) is 6. The van der Waals surface area contributed by atoms with E-state index in [9.17, 15) is 0 Å². The van der Waals surface area contributed by atoms with Gasteiger partial charge in [0, 0.05) is 27.9 Å². The zero-order valence-corrected chi connectivity index (χ0v) is 26.8. The number of hydrogen-bond donors (Lipinski definition) is 0. The van der Waals surface area contributed by atoms with E-state index in [0.29, 0.717) is 5.82 Å². The molecule has 0 unspecified atom stereocenters. The Kier molecular flexibility index (Phi) is 6.39. The molecule has 0 spiro atoms. The Bertz CT molecular complexity index is 2470. The predicted molar refractivity (Wildman–Crippen MR) is 200 cm³/mol. The monoisotopic (exact) mass is 644 g/mol. The second-order valence-corrected chi connectivity index (χ2v) is 12.3. The normalized spacial score (nSPS) is 12.6. The second kappa shape index (κ2) is 11.4. The molecule has 10 rings (SSSR count). The van der Waals surface area contributed by atoms with Crippen LogP contribution in [0.5, 0.6) is 23.0 Å². The lowest BCUT2D eigenvalue weighted by atomic mass is 10.0. The highest BCUT2D eigenvalue weighted by molar-refractivity contribution is 5.95. The number of rotatable bonds is 4. The van der Waals surface area contributed by atoms with E-state index in [-0.39, 0.29) is 0 Å². The average Bonchev–Trinajstić information content (AvgIpc) is 3.19. The summed E-state index contributed by atoms with van der Waals surface area (Å²) in [5.74, 6) is 3.98. The summed E-state index contributed by atoms with van der Waals surface area (Å²) in [6.45, 7) is 0. The van der Waals surface area contributed by atoms with Crippen molar-refractivity contribution < 1.29 is 9.47 Å². The quantitative estimate of drug-likeness (QED) is 0.190. The molecule has 0 aliphatic carbocycles. The number of para-hydroxylation sites is 9. The summed E-state index contributed by atoms with van der Waals surface area (Å²) in [7, 11) is 0. The van der Waals surface area contributed by atoms with Crippen molar-refractivity contribution in [2.24, 2.45) is 0 Å². The number of ether oxygens (including phenoxy) is 2. The highest BCUT2D eigenvalue weighted by Crippen LogP contribution is 2.51. The van der Waals surface area contributed by atoms with E-state index in [4.69, 9.17) is 19.4 Å². The first kappa shape index (κ1) is 28.1. The van der Waals surface area contributed by atoms with Crippen molar-refractivity contribution >= 4 is 45.0 Å². The second-order valence-electron chi connectivity index (χ2n) is 12.3. The van der Waals surface area contributed by atoms with Crippen LogP contribution < -0.4 is 19.3 Å². The Morgan fingerprint density at radius 3 is 1.24 bits per heavy atom. The Morgan fingerprint density at radius 1 is 0.360 bits per heavy atom. The number of nitrogens with zero attached hydrogens (tertiary/aromatic N) is 4. The minimum Gasteiger partial charge on any atom is -0.453 e. The van der Waals surface area contributed by atoms with Gasteiger partial charge in [0.15, 0.2) is 28.8 Å². The first-order valence-electron chi connectivity index (χ1n) is 16.6. The maximum atomic E-state index is 6.23. The van der Waals surface area contributed by atoms with Crippen LogP contribution in [0.2, 0.25) is 0 Å². The maximum absolute atomic E-state index is 6.23. The van der Waals surface area contributed by atoms with Gasteiger partial charge in [-0.2, -0.15) is 0 Å². The van der Waals surface area contributed by atoms with Gasteiger partial charge in [0.1, 0.15) is 0 Å². The zero-order chi connectivity index (χ0) is 33.0. The van der Waals surface area contributed by atoms with Gasteiger partial charge < -0.3 is 19.3 Å². The summed E-state index contributed by atoms with van der Waals surface area (Å²) in [4.78, 5) is 14.7. The van der Waals surface area contributed by atoms with E-state index in [0.717, 1.165) is 84.8 Å². The van der Waals surface area contributed by atoms with Crippen LogP contribution in [0.25, 0.3) is 33.5 Å². The fraction of sp³-hybridized carbons (Fsp3) is 0. The molecule has 8 aromatic rings. The first-order chi connectivity index (χ1) is 24.8. The molecule has 6 nitrogen and oxygen atoms in total. The number of anilines is 6. The summed E-state index contributed by atoms with van der Waals surface area (Å²) in [5, 5.41) is 1.00. The first-order valence-corrected chi connectivity index (χ1v) is 16.6. The third kappa shape index (κ3) is 4.58. The molecule has 3 heterocycles. The van der Waals surface area contributed by atoms with Crippen LogP contribution >= 0.6 is 0 Å². The summed E-state index contributed by atoms with van der Waals surface area (Å²) >= 11 is 0. The van der Waals surface area contributed by atoms with E-state index in [1.807, 2.05) is 84.9 Å². The molecule has 7 aromatic carbocycles. The van der Waals surface area contributed by atoms with Gasteiger partial charge in [-0.25, -0.2) is 9.97 Å². The largest absolute Gasteiger partial charge is 0.453 e. The molecular formula is C44H28N4O2. The van der Waals surface area contributed by atoms with Crippen molar-refractivity contribution in [2.45, 2.75) is 0 Å². The van der Waals surface area contributed by atoms with Crippen LogP contribution in [-0.2, 0) is 0 Å². The van der Waals surface area contributed by atoms with Gasteiger partial charge in [-0.1, -0.05) is 78.9 Å². The number of fused-ring (bicyclic) bond motifs is 5. The fourth-order valence-corrected chi connectivity index (χ4v) is 6.92. The Hall–Kier alpha value is -6.92. The van der Waals surface area contributed by atoms with Crippen LogP contribution in [0.3, 0.4) is 0 Å². The van der Waals surface area contributed by atoms with Crippen molar-refractivity contribution in [3.8, 4) is 45.6 Å². The van der Waals surface area contributed by atoms with Crippen molar-refractivity contribution in [1.82, 2.24) is 9.97 Å². The predicted octanol–water partition coefficient (Wildman–Crippen LogP) is 12.1. The highest BCUT2D eigenvalue weighted by atomic mass is 16.5. The molecule has 0 N–H and O–H groups in total. The maximum Gasteiger partial charge on any atom is 0.160 e. The minimum atomic E-state index is 0.674. The van der Waals surface area contributed by atoms with Crippen molar-refractivity contribution in [3.63, 3.8) is 0 Å². The van der Waals surface area contributed by atoms with E-state index in [1.54, 1.807) is 0 Å². The summed E-state index contributed by atoms with van der Waals surface area (Å²) in [6, 6.07) is 57.7. The Morgan fingerprint density at radius 2 is 0.760 bits per heavy atom. The molecule has 50 heavy (non-hydrogen) atoms. The number of aromatic nitrogens is 2. The van der Waals surface area contributed by atoms with Crippen LogP contribution in [-0.4, -0.2) is 9.97 Å². The van der Waals surface area contributed by atoms with Gasteiger partial charge >= 0.3 is 0 Å². The van der Waals surface area contributed by atoms with Gasteiger partial charge in [-0.3, -0.25) is 0 Å². The van der Waals surface area contributed by atoms with Crippen LogP contribution in [0, 0.1) is 0 Å². The summed E-state index contributed by atoms with van der Waals surface area (Å²) < 4.78 is 12.5. The summed E-state index contributed by atoms with van der Waals surface area (Å²) in [5.41, 5.74) is 9.80. The Labute approximate surface area is 289 Å². The van der Waals surface area contributed by atoms with Crippen molar-refractivity contribution in [3.05, 3.63) is 170 Å². The molecule has 6 heteroatoms. The lowest BCUT2D eigenvalue weighted by molar-refractivity contribution is 0.477. The molecule has 0 saturated carbocycles. The van der Waals surface area contributed by atoms with Crippen LogP contribution in [0.15, 0.2) is 170 Å². The third-order valence-corrected chi connectivity index (χ3v) is 9.25. The lowest BCUT2D eigenvalue weighted by Gasteiger charge is -2.32. The molecule has 0 atom stereocenters. The van der Waals surface area contributed by atoms with Gasteiger partial charge in [-0.15, -0.1) is 0 Å². The smallest absolute Gasteiger partial charge is 0.160 e. The fourth-order valence-electron chi connectivity index (χ4n) is 6.92. The molecule has 2 aliphatic rings. The van der Waals surface area contributed by atoms with Gasteiger partial charge in [-0.05, 0) is 91.0 Å². The molecule has 0 amide bonds. The van der Waals surface area contributed by atoms with E-state index < -0.39 is 0 Å². The number of benzene rings is 7. The average molecular weight is 645 g/mol. The van der Waals surface area contributed by atoms with Gasteiger partial charge in [0.05, 0.1) is 34.0 Å². The van der Waals surface area contributed by atoms with Crippen LogP contribution in [0.1, 0.15) is 0 Å². The zero-order valence-electron chi connectivity index (χ0n) is 26.8. The summed E-state index contributed by atoms with van der Waals surface area (Å²) in [6.07, 6.45) is 0. The molecule has 1 aromatic heterocycles. The highest BCUT2D eigenvalue weighted by Gasteiger charge is 2.27. The lowest BCUT2D eigenvalue weighted by Crippen LogP contribution is -2.15. The van der Waals surface area contributed by atoms with Crippen molar-refractivity contribution in [2.75, 3.05) is 9.80 Å². The molecule has 0 radical (unpaired) electrons. The third-order valence-electron chi connectivity index (χ3n) is 9.25. The van der Waals surface area contributed by atoms with E-state index in [1.165, 1.54) is 0 Å². The van der Waals surface area contributed by atoms with E-state index in [2.05, 4.69) is 94.7 Å². The van der Waals surface area contributed by atoms with Crippen LogP contribution in [0.4, 0.5) is 34.1 Å². The van der Waals surface area contributed by atoms with Gasteiger partial charge in [0.2, 0.25) is 0 Å².